The van der Waals surface area contributed by atoms with Gasteiger partial charge in [-0.05, 0) is 40.5 Å². The van der Waals surface area contributed by atoms with Crippen LogP contribution in [0.4, 0.5) is 0 Å². The summed E-state index contributed by atoms with van der Waals surface area (Å²) in [7, 11) is 0. The lowest BCUT2D eigenvalue weighted by Crippen LogP contribution is -2.53. The van der Waals surface area contributed by atoms with Gasteiger partial charge in [0.25, 0.3) is 11.8 Å². The second-order valence-electron chi connectivity index (χ2n) is 6.41. The van der Waals surface area contributed by atoms with Gasteiger partial charge in [-0.2, -0.15) is 0 Å². The summed E-state index contributed by atoms with van der Waals surface area (Å²) in [5.74, 6) is -1.89. The summed E-state index contributed by atoms with van der Waals surface area (Å²) in [4.78, 5) is 36.9. The molecule has 3 rings (SSSR count). The molecular formula is C22H18N2O4S. The molecule has 1 aliphatic heterocycles. The maximum Gasteiger partial charge on any atom is 0.307 e. The first kappa shape index (κ1) is 20.2. The molecule has 0 aromatic heterocycles. The number of carboxylic acids is 1. The molecule has 6 nitrogen and oxygen atoms in total. The lowest BCUT2D eigenvalue weighted by atomic mass is 10.00. The predicted molar refractivity (Wildman–Crippen MR) is 114 cm³/mol. The zero-order valence-electron chi connectivity index (χ0n) is 15.4. The second kappa shape index (κ2) is 8.62. The van der Waals surface area contributed by atoms with Gasteiger partial charge in [-0.1, -0.05) is 54.6 Å². The van der Waals surface area contributed by atoms with Crippen molar-refractivity contribution < 1.29 is 19.5 Å². The Kier molecular flexibility index (Phi) is 5.99. The molecule has 2 N–H and O–H groups in total. The number of nitrogens with one attached hydrogen (secondary N) is 1. The highest BCUT2D eigenvalue weighted by Gasteiger charge is 2.32. The van der Waals surface area contributed by atoms with Crippen LogP contribution in [-0.2, 0) is 20.8 Å². The van der Waals surface area contributed by atoms with Crippen molar-refractivity contribution in [3.8, 4) is 11.1 Å². The van der Waals surface area contributed by atoms with Crippen LogP contribution in [0.5, 0.6) is 0 Å². The number of benzene rings is 2. The van der Waals surface area contributed by atoms with Crippen molar-refractivity contribution >= 4 is 41.2 Å². The minimum Gasteiger partial charge on any atom is -0.481 e. The molecule has 0 radical (unpaired) electrons. The third-order valence-electron chi connectivity index (χ3n) is 4.33. The Labute approximate surface area is 173 Å². The van der Waals surface area contributed by atoms with Gasteiger partial charge in [0, 0.05) is 6.54 Å². The Morgan fingerprint density at radius 1 is 1.14 bits per heavy atom. The van der Waals surface area contributed by atoms with Crippen LogP contribution in [0.3, 0.4) is 0 Å². The number of carbonyl (C=O) groups is 3. The summed E-state index contributed by atoms with van der Waals surface area (Å²) in [5.41, 5.74) is 3.17. The highest BCUT2D eigenvalue weighted by molar-refractivity contribution is 7.80. The average Bonchev–Trinajstić information content (AvgIpc) is 2.68. The minimum absolute atomic E-state index is 0.00310. The van der Waals surface area contributed by atoms with E-state index >= 15 is 0 Å². The van der Waals surface area contributed by atoms with Gasteiger partial charge in [-0.15, -0.1) is 6.58 Å². The fraction of sp³-hybridized carbons (Fsp3) is 0.0909. The van der Waals surface area contributed by atoms with E-state index in [4.69, 9.17) is 17.3 Å². The summed E-state index contributed by atoms with van der Waals surface area (Å²) < 4.78 is 0. The number of rotatable bonds is 6. The van der Waals surface area contributed by atoms with Gasteiger partial charge in [0.1, 0.15) is 5.57 Å². The van der Waals surface area contributed by atoms with Gasteiger partial charge in [-0.25, -0.2) is 0 Å². The van der Waals surface area contributed by atoms with Crippen molar-refractivity contribution in [2.75, 3.05) is 6.54 Å². The summed E-state index contributed by atoms with van der Waals surface area (Å²) in [6, 6.07) is 14.6. The Bertz CT molecular complexity index is 1040. The molecule has 0 aliphatic carbocycles. The normalized spacial score (nSPS) is 15.4. The highest BCUT2D eigenvalue weighted by Crippen LogP contribution is 2.23. The van der Waals surface area contributed by atoms with E-state index < -0.39 is 17.8 Å². The molecule has 1 fully saturated rings. The zero-order chi connectivity index (χ0) is 21.0. The molecule has 2 aromatic carbocycles. The average molecular weight is 406 g/mol. The van der Waals surface area contributed by atoms with E-state index in [0.717, 1.165) is 11.1 Å². The van der Waals surface area contributed by atoms with Gasteiger partial charge in [0.15, 0.2) is 5.11 Å². The molecule has 0 atom stereocenters. The monoisotopic (exact) mass is 406 g/mol. The number of aliphatic carboxylic acids is 1. The third-order valence-corrected chi connectivity index (χ3v) is 4.66. The number of nitrogens with zero attached hydrogens (tertiary/aromatic N) is 1. The van der Waals surface area contributed by atoms with Gasteiger partial charge >= 0.3 is 5.97 Å². The fourth-order valence-electron chi connectivity index (χ4n) is 2.96. The van der Waals surface area contributed by atoms with Crippen molar-refractivity contribution in [2.45, 2.75) is 6.42 Å². The number of amides is 2. The number of hydrogen-bond donors (Lipinski definition) is 2. The molecule has 1 heterocycles. The van der Waals surface area contributed by atoms with E-state index in [9.17, 15) is 14.4 Å². The van der Waals surface area contributed by atoms with E-state index in [0.29, 0.717) is 11.1 Å². The summed E-state index contributed by atoms with van der Waals surface area (Å²) in [5, 5.41) is 11.5. The molecule has 146 valence electrons. The molecule has 0 spiro atoms. The highest BCUT2D eigenvalue weighted by atomic mass is 32.1. The van der Waals surface area contributed by atoms with Crippen molar-refractivity contribution in [1.29, 1.82) is 0 Å². The first-order chi connectivity index (χ1) is 13.9. The molecule has 2 amide bonds. The van der Waals surface area contributed by atoms with Crippen LogP contribution in [0.15, 0.2) is 66.8 Å². The first-order valence-electron chi connectivity index (χ1n) is 8.80. The van der Waals surface area contributed by atoms with Crippen LogP contribution in [-0.4, -0.2) is 39.4 Å². The number of thiocarbonyl (C=S) groups is 1. The molecule has 2 aromatic rings. The molecule has 7 heteroatoms. The standard InChI is InChI=1S/C22H18N2O4S/c1-2-10-24-21(28)18(20(27)23-22(24)29)12-14-6-8-16(9-7-14)17-5-3-4-15(11-17)13-19(25)26/h2-9,11-12H,1,10,13H2,(H,25,26)(H,23,27,29). The van der Waals surface area contributed by atoms with Crippen LogP contribution in [0.2, 0.25) is 0 Å². The molecule has 1 saturated heterocycles. The van der Waals surface area contributed by atoms with Gasteiger partial charge < -0.3 is 5.11 Å². The van der Waals surface area contributed by atoms with Gasteiger partial charge in [0.2, 0.25) is 0 Å². The molecule has 0 unspecified atom stereocenters. The fourth-order valence-corrected chi connectivity index (χ4v) is 3.21. The van der Waals surface area contributed by atoms with E-state index in [2.05, 4.69) is 11.9 Å². The van der Waals surface area contributed by atoms with E-state index in [-0.39, 0.29) is 23.7 Å². The Morgan fingerprint density at radius 2 is 1.86 bits per heavy atom. The maximum absolute atomic E-state index is 12.6. The van der Waals surface area contributed by atoms with E-state index in [1.807, 2.05) is 30.3 Å². The number of carbonyl (C=O) groups excluding carboxylic acids is 2. The van der Waals surface area contributed by atoms with Gasteiger partial charge in [-0.3, -0.25) is 24.6 Å². The Hall–Kier alpha value is -3.58. The molecule has 0 saturated carbocycles. The smallest absolute Gasteiger partial charge is 0.307 e. The topological polar surface area (TPSA) is 86.7 Å². The quantitative estimate of drug-likeness (QED) is 0.333. The van der Waals surface area contributed by atoms with Crippen LogP contribution >= 0.6 is 12.2 Å². The minimum atomic E-state index is -0.885. The lowest BCUT2D eigenvalue weighted by Gasteiger charge is -2.27. The maximum atomic E-state index is 12.6. The zero-order valence-corrected chi connectivity index (χ0v) is 16.2. The van der Waals surface area contributed by atoms with Crippen molar-refractivity contribution in [3.05, 3.63) is 77.9 Å². The Morgan fingerprint density at radius 3 is 2.52 bits per heavy atom. The SMILES string of the molecule is C=CCN1C(=O)C(=Cc2ccc(-c3cccc(CC(=O)O)c3)cc2)C(=O)NC1=S. The van der Waals surface area contributed by atoms with Crippen molar-refractivity contribution in [3.63, 3.8) is 0 Å². The molecular weight excluding hydrogens is 388 g/mol. The van der Waals surface area contributed by atoms with Crippen molar-refractivity contribution in [2.24, 2.45) is 0 Å². The number of carboxylic acid groups (broad SMARTS) is 1. The molecule has 29 heavy (non-hydrogen) atoms. The summed E-state index contributed by atoms with van der Waals surface area (Å²) in [6.07, 6.45) is 3.01. The third kappa shape index (κ3) is 4.64. The van der Waals surface area contributed by atoms with Crippen LogP contribution in [0, 0.1) is 0 Å². The molecule has 1 aliphatic rings. The number of hydrogen-bond acceptors (Lipinski definition) is 4. The van der Waals surface area contributed by atoms with Gasteiger partial charge in [0.05, 0.1) is 6.42 Å². The lowest BCUT2D eigenvalue weighted by molar-refractivity contribution is -0.136. The summed E-state index contributed by atoms with van der Waals surface area (Å²) in [6.45, 7) is 3.80. The van der Waals surface area contributed by atoms with E-state index in [1.54, 1.807) is 18.2 Å². The van der Waals surface area contributed by atoms with E-state index in [1.165, 1.54) is 17.1 Å². The first-order valence-corrected chi connectivity index (χ1v) is 9.21. The van der Waals surface area contributed by atoms with Crippen LogP contribution < -0.4 is 5.32 Å². The predicted octanol–water partition coefficient (Wildman–Crippen LogP) is 2.79. The molecule has 0 bridgehead atoms. The van der Waals surface area contributed by atoms with Crippen molar-refractivity contribution in [1.82, 2.24) is 10.2 Å². The van der Waals surface area contributed by atoms with Crippen LogP contribution in [0.1, 0.15) is 11.1 Å². The Balaban J connectivity index is 1.85. The summed E-state index contributed by atoms with van der Waals surface area (Å²) >= 11 is 5.03. The largest absolute Gasteiger partial charge is 0.481 e. The second-order valence-corrected chi connectivity index (χ2v) is 6.80. The van der Waals surface area contributed by atoms with Crippen LogP contribution in [0.25, 0.3) is 17.2 Å².